The van der Waals surface area contributed by atoms with Crippen LogP contribution in [-0.4, -0.2) is 30.9 Å². The molecular formula is C16H22ClN3O2. The topological polar surface area (TPSA) is 61.4 Å². The minimum Gasteiger partial charge on any atom is -0.351 e. The molecule has 120 valence electrons. The van der Waals surface area contributed by atoms with Crippen molar-refractivity contribution in [1.82, 2.24) is 10.6 Å². The van der Waals surface area contributed by atoms with Gasteiger partial charge in [-0.05, 0) is 43.5 Å². The van der Waals surface area contributed by atoms with Crippen LogP contribution in [0.5, 0.6) is 0 Å². The first-order valence-electron chi connectivity index (χ1n) is 7.64. The zero-order valence-electron chi connectivity index (χ0n) is 12.5. The van der Waals surface area contributed by atoms with E-state index in [0.29, 0.717) is 13.0 Å². The van der Waals surface area contributed by atoms with Crippen LogP contribution < -0.4 is 15.5 Å². The Morgan fingerprint density at radius 2 is 2.05 bits per heavy atom. The molecule has 0 radical (unpaired) electrons. The maximum absolute atomic E-state index is 11.9. The summed E-state index contributed by atoms with van der Waals surface area (Å²) in [5.41, 5.74) is 2.00. The highest BCUT2D eigenvalue weighted by atomic mass is 35.5. The Balaban J connectivity index is 0.00000176. The van der Waals surface area contributed by atoms with Gasteiger partial charge in [-0.2, -0.15) is 0 Å². The summed E-state index contributed by atoms with van der Waals surface area (Å²) in [5.74, 6) is 0.273. The lowest BCUT2D eigenvalue weighted by Gasteiger charge is -2.16. The van der Waals surface area contributed by atoms with E-state index >= 15 is 0 Å². The first kappa shape index (κ1) is 16.8. The van der Waals surface area contributed by atoms with Crippen LogP contribution in [0.25, 0.3) is 0 Å². The van der Waals surface area contributed by atoms with Crippen LogP contribution in [0.15, 0.2) is 24.3 Å². The smallest absolute Gasteiger partial charge is 0.237 e. The second kappa shape index (κ2) is 7.61. The fourth-order valence-corrected chi connectivity index (χ4v) is 2.94. The number of carbonyl (C=O) groups is 2. The third-order valence-electron chi connectivity index (χ3n) is 4.16. The minimum absolute atomic E-state index is 0. The van der Waals surface area contributed by atoms with Crippen LogP contribution in [0.4, 0.5) is 5.69 Å². The number of nitrogens with one attached hydrogen (secondary N) is 2. The first-order valence-corrected chi connectivity index (χ1v) is 7.64. The molecule has 0 spiro atoms. The fourth-order valence-electron chi connectivity index (χ4n) is 2.94. The van der Waals surface area contributed by atoms with E-state index in [-0.39, 0.29) is 30.3 Å². The van der Waals surface area contributed by atoms with Gasteiger partial charge < -0.3 is 15.5 Å². The Morgan fingerprint density at radius 3 is 2.64 bits per heavy atom. The molecule has 2 saturated heterocycles. The van der Waals surface area contributed by atoms with Gasteiger partial charge in [-0.25, -0.2) is 0 Å². The molecule has 1 aromatic rings. The van der Waals surface area contributed by atoms with Gasteiger partial charge in [-0.3, -0.25) is 9.59 Å². The van der Waals surface area contributed by atoms with Crippen molar-refractivity contribution in [3.05, 3.63) is 29.8 Å². The number of carbonyl (C=O) groups excluding carboxylic acids is 2. The van der Waals surface area contributed by atoms with Gasteiger partial charge in [0.05, 0.1) is 6.04 Å². The Hall–Kier alpha value is -1.59. The van der Waals surface area contributed by atoms with Gasteiger partial charge in [0.2, 0.25) is 11.8 Å². The first-order chi connectivity index (χ1) is 10.2. The van der Waals surface area contributed by atoms with E-state index in [2.05, 4.69) is 10.6 Å². The Bertz CT molecular complexity index is 527. The molecule has 2 aliphatic heterocycles. The summed E-state index contributed by atoms with van der Waals surface area (Å²) >= 11 is 0. The number of rotatable bonds is 4. The van der Waals surface area contributed by atoms with Crippen molar-refractivity contribution in [2.45, 2.75) is 38.3 Å². The summed E-state index contributed by atoms with van der Waals surface area (Å²) in [5, 5.41) is 6.14. The SMILES string of the molecule is Cl.O=C(NCc1ccc(N2CCCC2=O)cc1)C1CCCN1. The highest BCUT2D eigenvalue weighted by molar-refractivity contribution is 5.95. The van der Waals surface area contributed by atoms with Crippen LogP contribution in [0.1, 0.15) is 31.2 Å². The molecule has 2 N–H and O–H groups in total. The molecule has 2 heterocycles. The zero-order chi connectivity index (χ0) is 14.7. The molecule has 6 heteroatoms. The number of nitrogens with zero attached hydrogens (tertiary/aromatic N) is 1. The molecule has 0 aromatic heterocycles. The van der Waals surface area contributed by atoms with Crippen molar-refractivity contribution < 1.29 is 9.59 Å². The molecule has 2 aliphatic rings. The number of hydrogen-bond donors (Lipinski definition) is 2. The van der Waals surface area contributed by atoms with Gasteiger partial charge in [0.15, 0.2) is 0 Å². The van der Waals surface area contributed by atoms with Crippen molar-refractivity contribution in [2.75, 3.05) is 18.0 Å². The summed E-state index contributed by atoms with van der Waals surface area (Å²) < 4.78 is 0. The van der Waals surface area contributed by atoms with E-state index in [0.717, 1.165) is 43.6 Å². The highest BCUT2D eigenvalue weighted by Gasteiger charge is 2.22. The second-order valence-corrected chi connectivity index (χ2v) is 5.68. The van der Waals surface area contributed by atoms with E-state index in [1.807, 2.05) is 29.2 Å². The molecule has 3 rings (SSSR count). The number of amides is 2. The van der Waals surface area contributed by atoms with Gasteiger partial charge in [0.1, 0.15) is 0 Å². The summed E-state index contributed by atoms with van der Waals surface area (Å²) in [6.45, 7) is 2.27. The molecule has 1 atom stereocenters. The third-order valence-corrected chi connectivity index (χ3v) is 4.16. The molecule has 0 saturated carbocycles. The Morgan fingerprint density at radius 1 is 1.27 bits per heavy atom. The highest BCUT2D eigenvalue weighted by Crippen LogP contribution is 2.21. The summed E-state index contributed by atoms with van der Waals surface area (Å²) in [4.78, 5) is 25.4. The van der Waals surface area contributed by atoms with Crippen molar-refractivity contribution >= 4 is 29.9 Å². The van der Waals surface area contributed by atoms with E-state index in [4.69, 9.17) is 0 Å². The zero-order valence-corrected chi connectivity index (χ0v) is 13.3. The second-order valence-electron chi connectivity index (χ2n) is 5.68. The van der Waals surface area contributed by atoms with Crippen molar-refractivity contribution in [3.63, 3.8) is 0 Å². The predicted molar refractivity (Wildman–Crippen MR) is 88.1 cm³/mol. The standard InChI is InChI=1S/C16H21N3O2.ClH/c20-15-4-2-10-19(15)13-7-5-12(6-8-13)11-18-16(21)14-3-1-9-17-14;/h5-8,14,17H,1-4,9-11H2,(H,18,21);1H. The fraction of sp³-hybridized carbons (Fsp3) is 0.500. The van der Waals surface area contributed by atoms with E-state index < -0.39 is 0 Å². The quantitative estimate of drug-likeness (QED) is 0.885. The molecule has 0 aliphatic carbocycles. The number of anilines is 1. The van der Waals surface area contributed by atoms with Crippen LogP contribution in [0.2, 0.25) is 0 Å². The summed E-state index contributed by atoms with van der Waals surface area (Å²) in [7, 11) is 0. The third kappa shape index (κ3) is 3.78. The molecule has 2 fully saturated rings. The molecule has 22 heavy (non-hydrogen) atoms. The van der Waals surface area contributed by atoms with E-state index in [1.54, 1.807) is 0 Å². The average molecular weight is 324 g/mol. The van der Waals surface area contributed by atoms with Crippen LogP contribution in [0.3, 0.4) is 0 Å². The van der Waals surface area contributed by atoms with Gasteiger partial charge in [0, 0.05) is 25.2 Å². The maximum Gasteiger partial charge on any atom is 0.237 e. The lowest BCUT2D eigenvalue weighted by molar-refractivity contribution is -0.123. The monoisotopic (exact) mass is 323 g/mol. The van der Waals surface area contributed by atoms with Gasteiger partial charge >= 0.3 is 0 Å². The largest absolute Gasteiger partial charge is 0.351 e. The molecule has 1 unspecified atom stereocenters. The van der Waals surface area contributed by atoms with Crippen molar-refractivity contribution in [3.8, 4) is 0 Å². The average Bonchev–Trinajstić information content (AvgIpc) is 3.17. The van der Waals surface area contributed by atoms with Crippen molar-refractivity contribution in [2.24, 2.45) is 0 Å². The lowest BCUT2D eigenvalue weighted by atomic mass is 10.1. The Kier molecular flexibility index (Phi) is 5.80. The lowest BCUT2D eigenvalue weighted by Crippen LogP contribution is -2.39. The van der Waals surface area contributed by atoms with Gasteiger partial charge in [-0.15, -0.1) is 12.4 Å². The summed E-state index contributed by atoms with van der Waals surface area (Å²) in [6.07, 6.45) is 3.57. The van der Waals surface area contributed by atoms with E-state index in [1.165, 1.54) is 0 Å². The molecule has 5 nitrogen and oxygen atoms in total. The minimum atomic E-state index is -0.0357. The predicted octanol–water partition coefficient (Wildman–Crippen LogP) is 1.60. The number of benzene rings is 1. The van der Waals surface area contributed by atoms with Crippen LogP contribution in [-0.2, 0) is 16.1 Å². The molecular weight excluding hydrogens is 302 g/mol. The Labute approximate surface area is 136 Å². The van der Waals surface area contributed by atoms with E-state index in [9.17, 15) is 9.59 Å². The summed E-state index contributed by atoms with van der Waals surface area (Å²) in [6, 6.07) is 7.83. The van der Waals surface area contributed by atoms with Gasteiger partial charge in [0.25, 0.3) is 0 Å². The van der Waals surface area contributed by atoms with Crippen molar-refractivity contribution in [1.29, 1.82) is 0 Å². The molecule has 0 bridgehead atoms. The van der Waals surface area contributed by atoms with Gasteiger partial charge in [-0.1, -0.05) is 12.1 Å². The molecule has 2 amide bonds. The maximum atomic E-state index is 11.9. The van der Waals surface area contributed by atoms with Crippen LogP contribution in [0, 0.1) is 0 Å². The number of hydrogen-bond acceptors (Lipinski definition) is 3. The molecule has 1 aromatic carbocycles. The number of halogens is 1. The normalized spacial score (nSPS) is 20.8. The van der Waals surface area contributed by atoms with Crippen LogP contribution >= 0.6 is 12.4 Å².